The van der Waals surface area contributed by atoms with Crippen molar-refractivity contribution < 1.29 is 9.53 Å². The van der Waals surface area contributed by atoms with Crippen molar-refractivity contribution in [2.75, 3.05) is 7.11 Å². The third-order valence-corrected chi connectivity index (χ3v) is 4.72. The molecule has 1 N–H and O–H groups in total. The van der Waals surface area contributed by atoms with Crippen LogP contribution < -0.4 is 10.1 Å². The van der Waals surface area contributed by atoms with Crippen LogP contribution in [0.2, 0.25) is 0 Å². The molecule has 30 heavy (non-hydrogen) atoms. The summed E-state index contributed by atoms with van der Waals surface area (Å²) in [5.74, 6) is 0.572. The number of amides is 1. The van der Waals surface area contributed by atoms with E-state index in [9.17, 15) is 4.79 Å². The van der Waals surface area contributed by atoms with Gasteiger partial charge in [-0.1, -0.05) is 30.3 Å². The second-order valence-corrected chi connectivity index (χ2v) is 6.71. The number of ether oxygens (including phenoxy) is 1. The van der Waals surface area contributed by atoms with E-state index in [2.05, 4.69) is 20.4 Å². The third kappa shape index (κ3) is 4.20. The Balaban J connectivity index is 1.46. The van der Waals surface area contributed by atoms with E-state index >= 15 is 0 Å². The monoisotopic (exact) mass is 399 g/mol. The van der Waals surface area contributed by atoms with E-state index in [1.165, 1.54) is 6.33 Å². The van der Waals surface area contributed by atoms with Crippen molar-refractivity contribution in [1.82, 2.24) is 25.1 Å². The maximum absolute atomic E-state index is 12.7. The lowest BCUT2D eigenvalue weighted by atomic mass is 10.1. The Morgan fingerprint density at radius 2 is 1.70 bits per heavy atom. The van der Waals surface area contributed by atoms with Crippen LogP contribution in [-0.4, -0.2) is 32.8 Å². The second-order valence-electron chi connectivity index (χ2n) is 6.71. The van der Waals surface area contributed by atoms with Gasteiger partial charge in [-0.2, -0.15) is 5.10 Å². The second kappa shape index (κ2) is 8.57. The summed E-state index contributed by atoms with van der Waals surface area (Å²) in [4.78, 5) is 21.3. The highest BCUT2D eigenvalue weighted by Crippen LogP contribution is 2.21. The molecular weight excluding hydrogens is 378 g/mol. The molecule has 0 saturated heterocycles. The summed E-state index contributed by atoms with van der Waals surface area (Å²) in [5, 5.41) is 7.35. The number of nitrogens with zero attached hydrogens (tertiary/aromatic N) is 4. The van der Waals surface area contributed by atoms with Crippen molar-refractivity contribution in [2.24, 2.45) is 7.05 Å². The highest BCUT2D eigenvalue weighted by Gasteiger charge is 2.14. The SMILES string of the molecule is COc1ccc(-c2cc(CNC(=O)c3cc(-c4ccccc4)nn3C)ncn2)cc1. The van der Waals surface area contributed by atoms with Gasteiger partial charge in [0.25, 0.3) is 5.91 Å². The Labute approximate surface area is 174 Å². The summed E-state index contributed by atoms with van der Waals surface area (Å²) in [6.07, 6.45) is 1.50. The molecule has 2 heterocycles. The molecular formula is C23H21N5O2. The van der Waals surface area contributed by atoms with E-state index in [0.717, 1.165) is 34.0 Å². The number of benzene rings is 2. The first kappa shape index (κ1) is 19.3. The van der Waals surface area contributed by atoms with Crippen LogP contribution in [-0.2, 0) is 13.6 Å². The highest BCUT2D eigenvalue weighted by atomic mass is 16.5. The quantitative estimate of drug-likeness (QED) is 0.537. The average molecular weight is 399 g/mol. The van der Waals surface area contributed by atoms with Gasteiger partial charge in [-0.25, -0.2) is 9.97 Å². The molecule has 4 rings (SSSR count). The summed E-state index contributed by atoms with van der Waals surface area (Å²) >= 11 is 0. The van der Waals surface area contributed by atoms with E-state index < -0.39 is 0 Å². The summed E-state index contributed by atoms with van der Waals surface area (Å²) < 4.78 is 6.77. The lowest BCUT2D eigenvalue weighted by molar-refractivity contribution is 0.0941. The first-order chi connectivity index (χ1) is 14.6. The number of carbonyl (C=O) groups is 1. The predicted molar refractivity (Wildman–Crippen MR) is 114 cm³/mol. The molecule has 0 fully saturated rings. The van der Waals surface area contributed by atoms with Crippen LogP contribution in [0.25, 0.3) is 22.5 Å². The fourth-order valence-corrected chi connectivity index (χ4v) is 3.11. The number of hydrogen-bond donors (Lipinski definition) is 1. The fourth-order valence-electron chi connectivity index (χ4n) is 3.11. The molecule has 0 atom stereocenters. The number of nitrogens with one attached hydrogen (secondary N) is 1. The van der Waals surface area contributed by atoms with Crippen LogP contribution in [0.4, 0.5) is 0 Å². The van der Waals surface area contributed by atoms with Gasteiger partial charge < -0.3 is 10.1 Å². The molecule has 0 aliphatic heterocycles. The van der Waals surface area contributed by atoms with Gasteiger partial charge in [-0.05, 0) is 36.4 Å². The minimum Gasteiger partial charge on any atom is -0.497 e. The summed E-state index contributed by atoms with van der Waals surface area (Å²) in [6.45, 7) is 0.288. The predicted octanol–water partition coefficient (Wildman–Crippen LogP) is 3.48. The van der Waals surface area contributed by atoms with Crippen molar-refractivity contribution in [3.8, 4) is 28.3 Å². The third-order valence-electron chi connectivity index (χ3n) is 4.72. The standard InChI is InChI=1S/C23H21N5O2/c1-28-22(13-21(27-28)16-6-4-3-5-7-16)23(29)24-14-18-12-20(26-15-25-18)17-8-10-19(30-2)11-9-17/h3-13,15H,14H2,1-2H3,(H,24,29). The molecule has 0 radical (unpaired) electrons. The van der Waals surface area contributed by atoms with Gasteiger partial charge in [0, 0.05) is 18.2 Å². The van der Waals surface area contributed by atoms with Gasteiger partial charge in [0.05, 0.1) is 30.7 Å². The molecule has 0 saturated carbocycles. The fraction of sp³-hybridized carbons (Fsp3) is 0.130. The van der Waals surface area contributed by atoms with Gasteiger partial charge in [0.1, 0.15) is 17.8 Å². The largest absolute Gasteiger partial charge is 0.497 e. The zero-order chi connectivity index (χ0) is 20.9. The lowest BCUT2D eigenvalue weighted by Gasteiger charge is -2.07. The Morgan fingerprint density at radius 1 is 0.967 bits per heavy atom. The molecule has 0 unspecified atom stereocenters. The van der Waals surface area contributed by atoms with Crippen molar-refractivity contribution in [1.29, 1.82) is 0 Å². The van der Waals surface area contributed by atoms with Crippen LogP contribution in [0.3, 0.4) is 0 Å². The van der Waals surface area contributed by atoms with Crippen LogP contribution >= 0.6 is 0 Å². The van der Waals surface area contributed by atoms with Crippen molar-refractivity contribution in [3.63, 3.8) is 0 Å². The van der Waals surface area contributed by atoms with Gasteiger partial charge in [0.2, 0.25) is 0 Å². The molecule has 0 aliphatic carbocycles. The Kier molecular flexibility index (Phi) is 5.52. The number of rotatable bonds is 6. The Morgan fingerprint density at radius 3 is 2.43 bits per heavy atom. The highest BCUT2D eigenvalue weighted by molar-refractivity contribution is 5.93. The smallest absolute Gasteiger partial charge is 0.269 e. The first-order valence-electron chi connectivity index (χ1n) is 9.47. The summed E-state index contributed by atoms with van der Waals surface area (Å²) in [6, 6.07) is 21.0. The molecule has 0 spiro atoms. The number of aromatic nitrogens is 4. The average Bonchev–Trinajstić information content (AvgIpc) is 3.20. The molecule has 150 valence electrons. The number of aryl methyl sites for hydroxylation is 1. The van der Waals surface area contributed by atoms with E-state index in [0.29, 0.717) is 5.69 Å². The van der Waals surface area contributed by atoms with E-state index in [4.69, 9.17) is 4.74 Å². The van der Waals surface area contributed by atoms with Crippen LogP contribution in [0.1, 0.15) is 16.2 Å². The first-order valence-corrected chi connectivity index (χ1v) is 9.47. The van der Waals surface area contributed by atoms with Crippen molar-refractivity contribution in [3.05, 3.63) is 84.4 Å². The topological polar surface area (TPSA) is 81.9 Å². The van der Waals surface area contributed by atoms with Gasteiger partial charge >= 0.3 is 0 Å². The molecule has 2 aromatic heterocycles. The van der Waals surface area contributed by atoms with Crippen LogP contribution in [0.5, 0.6) is 5.75 Å². The molecule has 2 aromatic carbocycles. The molecule has 0 aliphatic rings. The maximum atomic E-state index is 12.7. The number of methoxy groups -OCH3 is 1. The Bertz CT molecular complexity index is 1150. The van der Waals surface area contributed by atoms with Crippen LogP contribution in [0, 0.1) is 0 Å². The molecule has 7 nitrogen and oxygen atoms in total. The zero-order valence-corrected chi connectivity index (χ0v) is 16.7. The maximum Gasteiger partial charge on any atom is 0.269 e. The normalized spacial score (nSPS) is 10.6. The Hall–Kier alpha value is -4.00. The molecule has 1 amide bonds. The summed E-state index contributed by atoms with van der Waals surface area (Å²) in [5.41, 5.74) is 4.65. The van der Waals surface area contributed by atoms with E-state index in [1.54, 1.807) is 24.9 Å². The zero-order valence-electron chi connectivity index (χ0n) is 16.7. The molecule has 4 aromatic rings. The van der Waals surface area contributed by atoms with Gasteiger partial charge in [0.15, 0.2) is 0 Å². The van der Waals surface area contributed by atoms with Gasteiger partial charge in [-0.15, -0.1) is 0 Å². The number of carbonyl (C=O) groups excluding carboxylic acids is 1. The number of hydrogen-bond acceptors (Lipinski definition) is 5. The van der Waals surface area contributed by atoms with E-state index in [-0.39, 0.29) is 12.5 Å². The van der Waals surface area contributed by atoms with Crippen molar-refractivity contribution in [2.45, 2.75) is 6.54 Å². The molecule has 0 bridgehead atoms. The summed E-state index contributed by atoms with van der Waals surface area (Å²) in [7, 11) is 3.39. The minimum absolute atomic E-state index is 0.211. The molecule has 7 heteroatoms. The van der Waals surface area contributed by atoms with Crippen LogP contribution in [0.15, 0.2) is 73.1 Å². The van der Waals surface area contributed by atoms with E-state index in [1.807, 2.05) is 60.7 Å². The minimum atomic E-state index is -0.211. The van der Waals surface area contributed by atoms with Crippen molar-refractivity contribution >= 4 is 5.91 Å². The van der Waals surface area contributed by atoms with Gasteiger partial charge in [-0.3, -0.25) is 9.48 Å². The lowest BCUT2D eigenvalue weighted by Crippen LogP contribution is -2.25.